The van der Waals surface area contributed by atoms with E-state index in [0.29, 0.717) is 22.4 Å². The standard InChI is InChI=1S/C21H20N2O5/c1-23-12-17(14-7-8-22-11-16(14)21(23)25)15-10-18(26-2)13(9-19(15)27-3)5-6-20(24)28-4/h5-12H,1-4H3/b6-5+. The van der Waals surface area contributed by atoms with E-state index in [2.05, 4.69) is 9.72 Å². The van der Waals surface area contributed by atoms with Crippen LogP contribution in [-0.2, 0) is 16.6 Å². The smallest absolute Gasteiger partial charge is 0.330 e. The summed E-state index contributed by atoms with van der Waals surface area (Å²) in [6.07, 6.45) is 7.86. The molecular weight excluding hydrogens is 360 g/mol. The van der Waals surface area contributed by atoms with E-state index in [0.717, 1.165) is 16.5 Å². The summed E-state index contributed by atoms with van der Waals surface area (Å²) in [4.78, 5) is 27.9. The second kappa shape index (κ2) is 7.96. The van der Waals surface area contributed by atoms with Crippen molar-refractivity contribution in [1.82, 2.24) is 9.55 Å². The first-order valence-corrected chi connectivity index (χ1v) is 8.46. The number of hydrogen-bond donors (Lipinski definition) is 0. The fraction of sp³-hybridized carbons (Fsp3) is 0.190. The van der Waals surface area contributed by atoms with Gasteiger partial charge in [-0.15, -0.1) is 0 Å². The van der Waals surface area contributed by atoms with E-state index < -0.39 is 5.97 Å². The molecule has 3 rings (SSSR count). The number of fused-ring (bicyclic) bond motifs is 1. The predicted molar refractivity (Wildman–Crippen MR) is 107 cm³/mol. The van der Waals surface area contributed by atoms with Crippen LogP contribution in [0.3, 0.4) is 0 Å². The second-order valence-electron chi connectivity index (χ2n) is 6.03. The fourth-order valence-electron chi connectivity index (χ4n) is 3.01. The van der Waals surface area contributed by atoms with E-state index in [1.54, 1.807) is 58.1 Å². The average Bonchev–Trinajstić information content (AvgIpc) is 2.73. The van der Waals surface area contributed by atoms with Crippen LogP contribution in [0.25, 0.3) is 28.0 Å². The molecule has 0 unspecified atom stereocenters. The molecule has 0 saturated heterocycles. The normalized spacial score (nSPS) is 11.0. The minimum atomic E-state index is -0.471. The Morgan fingerprint density at radius 1 is 1.07 bits per heavy atom. The van der Waals surface area contributed by atoms with Gasteiger partial charge in [0, 0.05) is 48.4 Å². The molecule has 0 N–H and O–H groups in total. The molecule has 0 fully saturated rings. The number of aryl methyl sites for hydroxylation is 1. The van der Waals surface area contributed by atoms with Gasteiger partial charge in [-0.2, -0.15) is 0 Å². The van der Waals surface area contributed by atoms with E-state index in [4.69, 9.17) is 9.47 Å². The highest BCUT2D eigenvalue weighted by atomic mass is 16.5. The molecule has 0 radical (unpaired) electrons. The number of pyridine rings is 2. The monoisotopic (exact) mass is 380 g/mol. The number of aromatic nitrogens is 2. The summed E-state index contributed by atoms with van der Waals surface area (Å²) in [6, 6.07) is 5.38. The summed E-state index contributed by atoms with van der Waals surface area (Å²) < 4.78 is 17.2. The lowest BCUT2D eigenvalue weighted by Gasteiger charge is -2.16. The molecule has 7 nitrogen and oxygen atoms in total. The van der Waals surface area contributed by atoms with Crippen LogP contribution >= 0.6 is 0 Å². The minimum absolute atomic E-state index is 0.129. The molecule has 0 amide bonds. The van der Waals surface area contributed by atoms with Gasteiger partial charge in [0.2, 0.25) is 0 Å². The summed E-state index contributed by atoms with van der Waals surface area (Å²) in [5, 5.41) is 1.27. The zero-order valence-corrected chi connectivity index (χ0v) is 16.1. The van der Waals surface area contributed by atoms with Crippen LogP contribution in [0.1, 0.15) is 5.56 Å². The largest absolute Gasteiger partial charge is 0.496 e. The number of nitrogens with zero attached hydrogens (tertiary/aromatic N) is 2. The van der Waals surface area contributed by atoms with Crippen molar-refractivity contribution in [2.75, 3.05) is 21.3 Å². The summed E-state index contributed by atoms with van der Waals surface area (Å²) in [6.45, 7) is 0. The van der Waals surface area contributed by atoms with Gasteiger partial charge in [-0.25, -0.2) is 4.79 Å². The third-order valence-electron chi connectivity index (χ3n) is 4.43. The average molecular weight is 380 g/mol. The molecule has 0 aliphatic heterocycles. The van der Waals surface area contributed by atoms with E-state index >= 15 is 0 Å². The Morgan fingerprint density at radius 3 is 2.50 bits per heavy atom. The summed E-state index contributed by atoms with van der Waals surface area (Å²) in [5.74, 6) is 0.649. The fourth-order valence-corrected chi connectivity index (χ4v) is 3.01. The molecule has 0 bridgehead atoms. The van der Waals surface area contributed by atoms with Crippen LogP contribution in [0, 0.1) is 0 Å². The van der Waals surface area contributed by atoms with Crippen molar-refractivity contribution in [3.63, 3.8) is 0 Å². The Kier molecular flexibility index (Phi) is 5.44. The van der Waals surface area contributed by atoms with Gasteiger partial charge in [0.25, 0.3) is 5.56 Å². The van der Waals surface area contributed by atoms with E-state index in [-0.39, 0.29) is 5.56 Å². The highest BCUT2D eigenvalue weighted by Gasteiger charge is 2.16. The van der Waals surface area contributed by atoms with Crippen LogP contribution < -0.4 is 15.0 Å². The van der Waals surface area contributed by atoms with Gasteiger partial charge < -0.3 is 18.8 Å². The van der Waals surface area contributed by atoms with Gasteiger partial charge in [0.15, 0.2) is 0 Å². The van der Waals surface area contributed by atoms with E-state index in [1.807, 2.05) is 6.07 Å². The van der Waals surface area contributed by atoms with Crippen LogP contribution in [0.5, 0.6) is 11.5 Å². The lowest BCUT2D eigenvalue weighted by molar-refractivity contribution is -0.134. The zero-order valence-electron chi connectivity index (χ0n) is 16.1. The Labute approximate surface area is 161 Å². The summed E-state index contributed by atoms with van der Waals surface area (Å²) >= 11 is 0. The quantitative estimate of drug-likeness (QED) is 0.500. The van der Waals surface area contributed by atoms with Gasteiger partial charge in [-0.05, 0) is 29.7 Å². The van der Waals surface area contributed by atoms with Crippen LogP contribution in [0.2, 0.25) is 0 Å². The first kappa shape index (κ1) is 19.2. The molecule has 0 saturated carbocycles. The summed E-state index contributed by atoms with van der Waals surface area (Å²) in [7, 11) is 6.11. The van der Waals surface area contributed by atoms with Gasteiger partial charge in [-0.1, -0.05) is 0 Å². The molecule has 0 atom stereocenters. The maximum atomic E-state index is 12.4. The van der Waals surface area contributed by atoms with Crippen LogP contribution in [-0.4, -0.2) is 36.8 Å². The van der Waals surface area contributed by atoms with Gasteiger partial charge >= 0.3 is 5.97 Å². The van der Waals surface area contributed by atoms with Crippen molar-refractivity contribution < 1.29 is 19.0 Å². The molecule has 0 spiro atoms. The number of esters is 1. The number of benzene rings is 1. The molecule has 144 valence electrons. The lowest BCUT2D eigenvalue weighted by atomic mass is 9.98. The molecule has 1 aromatic carbocycles. The van der Waals surface area contributed by atoms with Gasteiger partial charge in [0.05, 0.1) is 26.7 Å². The van der Waals surface area contributed by atoms with Crippen molar-refractivity contribution in [3.05, 3.63) is 58.8 Å². The molecule has 0 aliphatic carbocycles. The lowest BCUT2D eigenvalue weighted by Crippen LogP contribution is -2.16. The first-order chi connectivity index (χ1) is 13.5. The number of carbonyl (C=O) groups is 1. The zero-order chi connectivity index (χ0) is 20.3. The Balaban J connectivity index is 2.27. The Morgan fingerprint density at radius 2 is 1.82 bits per heavy atom. The molecule has 28 heavy (non-hydrogen) atoms. The molecule has 7 heteroatoms. The number of rotatable bonds is 5. The highest BCUT2D eigenvalue weighted by Crippen LogP contribution is 2.39. The maximum absolute atomic E-state index is 12.4. The van der Waals surface area contributed by atoms with Crippen molar-refractivity contribution >= 4 is 22.8 Å². The predicted octanol–water partition coefficient (Wildman–Crippen LogP) is 2.80. The van der Waals surface area contributed by atoms with E-state index in [9.17, 15) is 9.59 Å². The minimum Gasteiger partial charge on any atom is -0.496 e. The van der Waals surface area contributed by atoms with Gasteiger partial charge in [-0.3, -0.25) is 9.78 Å². The highest BCUT2D eigenvalue weighted by molar-refractivity contribution is 5.97. The molecule has 3 aromatic rings. The second-order valence-corrected chi connectivity index (χ2v) is 6.03. The first-order valence-electron chi connectivity index (χ1n) is 8.46. The van der Waals surface area contributed by atoms with E-state index in [1.165, 1.54) is 17.8 Å². The molecular formula is C21H20N2O5. The van der Waals surface area contributed by atoms with Crippen molar-refractivity contribution in [1.29, 1.82) is 0 Å². The Bertz CT molecular complexity index is 1130. The number of hydrogen-bond acceptors (Lipinski definition) is 6. The van der Waals surface area contributed by atoms with Crippen LogP contribution in [0.15, 0.2) is 47.7 Å². The number of carbonyl (C=O) groups excluding carboxylic acids is 1. The third kappa shape index (κ3) is 3.46. The number of methoxy groups -OCH3 is 3. The SMILES string of the molecule is COC(=O)/C=C/c1cc(OC)c(-c2cn(C)c(=O)c3cnccc23)cc1OC. The van der Waals surface area contributed by atoms with Crippen molar-refractivity contribution in [3.8, 4) is 22.6 Å². The topological polar surface area (TPSA) is 79.7 Å². The van der Waals surface area contributed by atoms with Crippen LogP contribution in [0.4, 0.5) is 0 Å². The molecule has 0 aliphatic rings. The number of ether oxygens (including phenoxy) is 3. The Hall–Kier alpha value is -3.61. The van der Waals surface area contributed by atoms with Gasteiger partial charge in [0.1, 0.15) is 11.5 Å². The molecule has 2 heterocycles. The molecule has 2 aromatic heterocycles. The maximum Gasteiger partial charge on any atom is 0.330 e. The van der Waals surface area contributed by atoms with Crippen molar-refractivity contribution in [2.24, 2.45) is 7.05 Å². The van der Waals surface area contributed by atoms with Crippen molar-refractivity contribution in [2.45, 2.75) is 0 Å². The summed E-state index contributed by atoms with van der Waals surface area (Å²) in [5.41, 5.74) is 2.08. The third-order valence-corrected chi connectivity index (χ3v) is 4.43.